The number of aromatic nitrogens is 2. The van der Waals surface area contributed by atoms with Crippen molar-refractivity contribution in [3.05, 3.63) is 107 Å². The van der Waals surface area contributed by atoms with Gasteiger partial charge in [-0.25, -0.2) is 4.39 Å². The first-order valence-electron chi connectivity index (χ1n) is 21.5. The number of alkyl halides is 3. The fourth-order valence-electron chi connectivity index (χ4n) is 8.65. The van der Waals surface area contributed by atoms with E-state index in [2.05, 4.69) is 56.6 Å². The summed E-state index contributed by atoms with van der Waals surface area (Å²) in [6.45, 7) is 6.65. The number of amides is 3. The number of imide groups is 1. The third-order valence-electron chi connectivity index (χ3n) is 12.1. The van der Waals surface area contributed by atoms with Gasteiger partial charge in [0.05, 0.1) is 12.5 Å². The number of ketones is 1. The largest absolute Gasteiger partial charge is 0.450 e. The van der Waals surface area contributed by atoms with Gasteiger partial charge in [-0.3, -0.25) is 34.1 Å². The van der Waals surface area contributed by atoms with Crippen LogP contribution in [0.15, 0.2) is 83.5 Å². The van der Waals surface area contributed by atoms with E-state index < -0.39 is 18.5 Å². The second-order valence-corrected chi connectivity index (χ2v) is 16.5. The summed E-state index contributed by atoms with van der Waals surface area (Å²) in [6.07, 6.45) is 3.15. The first-order valence-corrected chi connectivity index (χ1v) is 21.5. The van der Waals surface area contributed by atoms with E-state index in [1.54, 1.807) is 16.9 Å². The predicted octanol–water partition coefficient (Wildman–Crippen LogP) is 7.33. The third kappa shape index (κ3) is 11.4. The van der Waals surface area contributed by atoms with Crippen LogP contribution in [0.5, 0.6) is 0 Å². The number of carbonyl (C=O) groups is 4. The number of carbonyl (C=O) groups excluding carboxylic acids is 4. The lowest BCUT2D eigenvalue weighted by Crippen LogP contribution is -2.47. The minimum absolute atomic E-state index is 0. The van der Waals surface area contributed by atoms with Crippen molar-refractivity contribution in [3.63, 3.8) is 0 Å². The molecule has 3 aliphatic heterocycles. The Balaban J connectivity index is 0.000000787. The Bertz CT molecular complexity index is 2380. The molecule has 336 valence electrons. The zero-order chi connectivity index (χ0) is 44.7. The minimum atomic E-state index is -4.06. The minimum Gasteiger partial charge on any atom is -0.450 e. The highest BCUT2D eigenvalue weighted by Crippen LogP contribution is 2.40. The SMILES string of the molecule is CC(=O)c1cc2c(-c3ccc(N4CCN(CCc5ccc(C6CCC(=O)NC6=O)cc5)CC4)cc3)cc([C@@H]3CCCN(C(=O)CCn4cccn4)C3)c(F)c2o1.CNCC(F)(F)F.[HH]. The monoisotopic (exact) mass is 873 g/mol. The Morgan fingerprint density at radius 2 is 1.71 bits per heavy atom. The van der Waals surface area contributed by atoms with Crippen LogP contribution in [0.4, 0.5) is 23.2 Å². The maximum Gasteiger partial charge on any atom is 0.401 e. The first kappa shape index (κ1) is 45.2. The van der Waals surface area contributed by atoms with E-state index in [1.807, 2.05) is 40.7 Å². The Morgan fingerprint density at radius 3 is 2.35 bits per heavy atom. The van der Waals surface area contributed by atoms with E-state index >= 15 is 4.39 Å². The highest BCUT2D eigenvalue weighted by molar-refractivity contribution is 6.02. The number of Topliss-reactive ketones (excluding diaryl/α,β-unsaturated/α-hetero) is 1. The molecule has 2 atom stereocenters. The van der Waals surface area contributed by atoms with Crippen molar-refractivity contribution in [2.75, 3.05) is 64.3 Å². The number of likely N-dealkylation sites (tertiary alicyclic amines) is 1. The normalized spacial score (nSPS) is 18.6. The number of furan rings is 1. The summed E-state index contributed by atoms with van der Waals surface area (Å²) in [4.78, 5) is 56.0. The lowest BCUT2D eigenvalue weighted by atomic mass is 9.87. The van der Waals surface area contributed by atoms with Crippen molar-refractivity contribution in [1.82, 2.24) is 30.2 Å². The summed E-state index contributed by atoms with van der Waals surface area (Å²) in [5.74, 6) is -1.47. The molecule has 2 N–H and O–H groups in total. The van der Waals surface area contributed by atoms with Gasteiger partial charge in [-0.15, -0.1) is 0 Å². The lowest BCUT2D eigenvalue weighted by molar-refractivity contribution is -0.134. The van der Waals surface area contributed by atoms with Crippen LogP contribution in [0.1, 0.15) is 79.5 Å². The van der Waals surface area contributed by atoms with Crippen LogP contribution in [0, 0.1) is 5.82 Å². The summed E-state index contributed by atoms with van der Waals surface area (Å²) in [7, 11) is 1.26. The van der Waals surface area contributed by atoms with E-state index in [-0.39, 0.29) is 48.1 Å². The molecule has 3 saturated heterocycles. The number of rotatable bonds is 12. The Kier molecular flexibility index (Phi) is 14.4. The van der Waals surface area contributed by atoms with Gasteiger partial charge in [0, 0.05) is 103 Å². The van der Waals surface area contributed by atoms with Gasteiger partial charge in [-0.1, -0.05) is 36.4 Å². The van der Waals surface area contributed by atoms with Crippen LogP contribution < -0.4 is 15.5 Å². The van der Waals surface area contributed by atoms with Crippen LogP contribution >= 0.6 is 0 Å². The van der Waals surface area contributed by atoms with Crippen molar-refractivity contribution in [3.8, 4) is 11.1 Å². The smallest absolute Gasteiger partial charge is 0.401 e. The summed E-state index contributed by atoms with van der Waals surface area (Å²) in [5.41, 5.74) is 5.58. The maximum absolute atomic E-state index is 16.3. The number of benzene rings is 3. The highest BCUT2D eigenvalue weighted by atomic mass is 19.4. The second-order valence-electron chi connectivity index (χ2n) is 16.5. The van der Waals surface area contributed by atoms with Crippen molar-refractivity contribution < 1.29 is 42.6 Å². The molecule has 5 heterocycles. The van der Waals surface area contributed by atoms with Gasteiger partial charge in [0.25, 0.3) is 0 Å². The molecule has 0 spiro atoms. The van der Waals surface area contributed by atoms with Gasteiger partial charge in [-0.2, -0.15) is 18.3 Å². The summed E-state index contributed by atoms with van der Waals surface area (Å²) >= 11 is 0. The molecule has 12 nitrogen and oxygen atoms in total. The van der Waals surface area contributed by atoms with Crippen LogP contribution in [0.3, 0.4) is 0 Å². The highest BCUT2D eigenvalue weighted by Gasteiger charge is 2.31. The van der Waals surface area contributed by atoms with Crippen LogP contribution in [-0.4, -0.2) is 109 Å². The number of aryl methyl sites for hydroxylation is 1. The lowest BCUT2D eigenvalue weighted by Gasteiger charge is -2.36. The Morgan fingerprint density at radius 1 is 0.968 bits per heavy atom. The van der Waals surface area contributed by atoms with E-state index in [0.717, 1.165) is 74.4 Å². The van der Waals surface area contributed by atoms with Crippen molar-refractivity contribution in [2.24, 2.45) is 0 Å². The van der Waals surface area contributed by atoms with E-state index in [4.69, 9.17) is 4.42 Å². The number of piperazine rings is 1. The molecular weight excluding hydrogens is 819 g/mol. The van der Waals surface area contributed by atoms with Gasteiger partial charge < -0.3 is 19.5 Å². The van der Waals surface area contributed by atoms with Crippen LogP contribution in [0.2, 0.25) is 0 Å². The average molecular weight is 874 g/mol. The van der Waals surface area contributed by atoms with Gasteiger partial charge >= 0.3 is 6.18 Å². The maximum atomic E-state index is 16.3. The molecule has 0 aliphatic carbocycles. The number of hydrogen-bond acceptors (Lipinski definition) is 9. The number of piperidine rings is 2. The molecule has 3 amide bonds. The summed E-state index contributed by atoms with van der Waals surface area (Å²) < 4.78 is 56.9. The number of fused-ring (bicyclic) bond motifs is 1. The van der Waals surface area contributed by atoms with Gasteiger partial charge in [0.15, 0.2) is 22.9 Å². The summed E-state index contributed by atoms with van der Waals surface area (Å²) in [5, 5.41) is 9.19. The quantitative estimate of drug-likeness (QED) is 0.0752. The average Bonchev–Trinajstić information content (AvgIpc) is 3.98. The van der Waals surface area contributed by atoms with E-state index in [0.29, 0.717) is 49.8 Å². The van der Waals surface area contributed by atoms with Gasteiger partial charge in [-0.05, 0) is 90.9 Å². The molecule has 0 bridgehead atoms. The van der Waals surface area contributed by atoms with Gasteiger partial charge in [0.2, 0.25) is 17.7 Å². The molecule has 16 heteroatoms. The zero-order valence-electron chi connectivity index (χ0n) is 35.6. The first-order chi connectivity index (χ1) is 30.3. The molecule has 63 heavy (non-hydrogen) atoms. The summed E-state index contributed by atoms with van der Waals surface area (Å²) in [6, 6.07) is 21.9. The molecular formula is C47H55F4N7O5. The molecule has 0 saturated carbocycles. The fraction of sp³-hybridized carbons (Fsp3) is 0.426. The molecule has 5 aromatic rings. The Labute approximate surface area is 365 Å². The molecule has 2 aromatic heterocycles. The molecule has 3 fully saturated rings. The van der Waals surface area contributed by atoms with Crippen molar-refractivity contribution in [1.29, 1.82) is 0 Å². The molecule has 1 unspecified atom stereocenters. The zero-order valence-corrected chi connectivity index (χ0v) is 35.6. The number of halogens is 4. The number of nitrogens with zero attached hydrogens (tertiary/aromatic N) is 5. The van der Waals surface area contributed by atoms with Crippen LogP contribution in [-0.2, 0) is 27.3 Å². The predicted molar refractivity (Wildman–Crippen MR) is 233 cm³/mol. The number of nitrogens with one attached hydrogen (secondary N) is 2. The molecule has 3 aliphatic rings. The number of hydrogen-bond donors (Lipinski definition) is 2. The topological polar surface area (TPSA) is 133 Å². The molecule has 3 aromatic carbocycles. The molecule has 0 radical (unpaired) electrons. The van der Waals surface area contributed by atoms with Crippen molar-refractivity contribution >= 4 is 40.2 Å². The Hall–Kier alpha value is -5.87. The van der Waals surface area contributed by atoms with Crippen LogP contribution in [0.25, 0.3) is 22.1 Å². The molecule has 8 rings (SSSR count). The standard InChI is InChI=1S/C44H47FN6O5.C3H6F3N.H2/c1-29(52)39-27-38-36(26-37(42(45)43(38)56-39)33-4-2-18-50(28-33)41(54)16-21-51-19-3-17-46-51)32-9-11-34(12-10-32)49-24-22-48(23-25-49)20-15-30-5-7-31(8-6-30)35-13-14-40(53)47-44(35)55;1-7-2-3(4,5)6;/h3,5-12,17,19,26-27,33,35H,2,4,13-16,18,20-25,28H2,1H3,(H,47,53,55);7H,2H2,1H3;1H/t33-,35?;;/m1../s1. The third-order valence-corrected chi connectivity index (χ3v) is 12.1. The number of anilines is 1. The van der Waals surface area contributed by atoms with Crippen molar-refractivity contribution in [2.45, 2.75) is 70.0 Å². The fourth-order valence-corrected chi connectivity index (χ4v) is 8.65. The second kappa shape index (κ2) is 20.1. The van der Waals surface area contributed by atoms with Gasteiger partial charge in [0.1, 0.15) is 0 Å². The van der Waals surface area contributed by atoms with E-state index in [9.17, 15) is 32.3 Å². The van der Waals surface area contributed by atoms with E-state index in [1.165, 1.54) is 19.5 Å².